The molecule has 1 aromatic carbocycles. The largest absolute Gasteiger partial charge is 0.478 e. The molecule has 0 aromatic heterocycles. The Hall–Kier alpha value is -1.03. The second kappa shape index (κ2) is 4.45. The molecule has 0 atom stereocenters. The summed E-state index contributed by atoms with van der Waals surface area (Å²) in [5.41, 5.74) is 1.34. The van der Waals surface area contributed by atoms with Gasteiger partial charge in [0.25, 0.3) is 0 Å². The molecule has 1 aliphatic rings. The zero-order valence-electron chi connectivity index (χ0n) is 9.11. The lowest BCUT2D eigenvalue weighted by molar-refractivity contribution is 0.0697. The van der Waals surface area contributed by atoms with E-state index < -0.39 is 5.97 Å². The first-order valence-electron chi connectivity index (χ1n) is 5.39. The summed E-state index contributed by atoms with van der Waals surface area (Å²) in [4.78, 5) is 13.1. The first-order valence-corrected chi connectivity index (χ1v) is 6.19. The summed E-state index contributed by atoms with van der Waals surface area (Å²) < 4.78 is 0.965. The van der Waals surface area contributed by atoms with Crippen molar-refractivity contribution in [1.82, 2.24) is 0 Å². The molecule has 1 fully saturated rings. The summed E-state index contributed by atoms with van der Waals surface area (Å²) in [5, 5.41) is 8.94. The predicted octanol–water partition coefficient (Wildman–Crippen LogP) is 2.99. The molecule has 0 aliphatic carbocycles. The van der Waals surface area contributed by atoms with Gasteiger partial charge in [-0.15, -0.1) is 0 Å². The van der Waals surface area contributed by atoms with Crippen molar-refractivity contribution in [3.05, 3.63) is 28.2 Å². The molecular weight excluding hydrogens is 270 g/mol. The zero-order chi connectivity index (χ0) is 11.7. The van der Waals surface area contributed by atoms with Gasteiger partial charge in [-0.05, 0) is 46.5 Å². The fraction of sp³-hybridized carbons (Fsp3) is 0.417. The van der Waals surface area contributed by atoms with Crippen molar-refractivity contribution in [2.45, 2.75) is 13.3 Å². The number of carboxylic acids is 1. The van der Waals surface area contributed by atoms with Crippen LogP contribution in [0.3, 0.4) is 0 Å². The van der Waals surface area contributed by atoms with E-state index in [1.807, 2.05) is 0 Å². The lowest BCUT2D eigenvalue weighted by atomic mass is 9.96. The number of anilines is 1. The van der Waals surface area contributed by atoms with E-state index in [9.17, 15) is 4.79 Å². The molecule has 86 valence electrons. The van der Waals surface area contributed by atoms with E-state index in [2.05, 4.69) is 27.8 Å². The van der Waals surface area contributed by atoms with Gasteiger partial charge in [-0.3, -0.25) is 0 Å². The molecule has 0 saturated carbocycles. The minimum absolute atomic E-state index is 0.346. The van der Waals surface area contributed by atoms with Gasteiger partial charge in [0.2, 0.25) is 0 Å². The Bertz CT molecular complexity index is 413. The monoisotopic (exact) mass is 283 g/mol. The van der Waals surface area contributed by atoms with E-state index in [4.69, 9.17) is 5.11 Å². The van der Waals surface area contributed by atoms with Crippen LogP contribution in [-0.4, -0.2) is 24.2 Å². The lowest BCUT2D eigenvalue weighted by Crippen LogP contribution is -2.46. The van der Waals surface area contributed by atoms with Crippen molar-refractivity contribution in [1.29, 1.82) is 0 Å². The van der Waals surface area contributed by atoms with E-state index in [1.54, 1.807) is 18.2 Å². The van der Waals surface area contributed by atoms with Crippen molar-refractivity contribution < 1.29 is 9.90 Å². The van der Waals surface area contributed by atoms with Crippen LogP contribution < -0.4 is 4.90 Å². The number of hydrogen-bond donors (Lipinski definition) is 1. The van der Waals surface area contributed by atoms with Crippen LogP contribution in [0.1, 0.15) is 23.7 Å². The molecule has 1 heterocycles. The molecule has 1 N–H and O–H groups in total. The summed E-state index contributed by atoms with van der Waals surface area (Å²) in [6, 6.07) is 5.16. The van der Waals surface area contributed by atoms with E-state index in [1.165, 1.54) is 6.42 Å². The maximum atomic E-state index is 10.9. The van der Waals surface area contributed by atoms with Crippen molar-refractivity contribution in [2.24, 2.45) is 5.92 Å². The summed E-state index contributed by atoms with van der Waals surface area (Å²) in [6.45, 7) is 4.24. The van der Waals surface area contributed by atoms with Crippen LogP contribution in [0.2, 0.25) is 0 Å². The van der Waals surface area contributed by atoms with Gasteiger partial charge in [0.15, 0.2) is 0 Å². The van der Waals surface area contributed by atoms with Crippen LogP contribution >= 0.6 is 15.9 Å². The highest BCUT2D eigenvalue weighted by atomic mass is 79.9. The number of halogens is 1. The standard InChI is InChI=1S/C12H14BrNO2/c1-2-8-6-14(7-8)11-5-9(12(15)16)3-4-10(11)13/h3-5,8H,2,6-7H2,1H3,(H,15,16). The molecule has 3 nitrogen and oxygen atoms in total. The molecule has 0 unspecified atom stereocenters. The number of benzene rings is 1. The van der Waals surface area contributed by atoms with Gasteiger partial charge < -0.3 is 10.0 Å². The third-order valence-electron chi connectivity index (χ3n) is 3.07. The van der Waals surface area contributed by atoms with E-state index >= 15 is 0 Å². The van der Waals surface area contributed by atoms with Gasteiger partial charge >= 0.3 is 5.97 Å². The Kier molecular flexibility index (Phi) is 3.19. The van der Waals surface area contributed by atoms with E-state index in [0.29, 0.717) is 5.56 Å². The maximum Gasteiger partial charge on any atom is 0.335 e. The van der Waals surface area contributed by atoms with Crippen LogP contribution in [-0.2, 0) is 0 Å². The van der Waals surface area contributed by atoms with Crippen LogP contribution in [0.25, 0.3) is 0 Å². The lowest BCUT2D eigenvalue weighted by Gasteiger charge is -2.41. The molecule has 1 aromatic rings. The second-order valence-electron chi connectivity index (χ2n) is 4.15. The normalized spacial score (nSPS) is 16.0. The number of carbonyl (C=O) groups is 1. The molecular formula is C12H14BrNO2. The van der Waals surface area contributed by atoms with Gasteiger partial charge in [0, 0.05) is 17.6 Å². The van der Waals surface area contributed by atoms with Gasteiger partial charge in [-0.2, -0.15) is 0 Å². The van der Waals surface area contributed by atoms with Gasteiger partial charge in [-0.25, -0.2) is 4.79 Å². The molecule has 0 bridgehead atoms. The Morgan fingerprint density at radius 3 is 2.81 bits per heavy atom. The van der Waals surface area contributed by atoms with Crippen molar-refractivity contribution in [2.75, 3.05) is 18.0 Å². The number of hydrogen-bond acceptors (Lipinski definition) is 2. The summed E-state index contributed by atoms with van der Waals surface area (Å²) in [5.74, 6) is -0.123. The van der Waals surface area contributed by atoms with Gasteiger partial charge in [0.1, 0.15) is 0 Å². The fourth-order valence-electron chi connectivity index (χ4n) is 1.91. The minimum atomic E-state index is -0.874. The summed E-state index contributed by atoms with van der Waals surface area (Å²) >= 11 is 3.46. The highest BCUT2D eigenvalue weighted by molar-refractivity contribution is 9.10. The third kappa shape index (κ3) is 2.07. The fourth-order valence-corrected chi connectivity index (χ4v) is 2.41. The van der Waals surface area contributed by atoms with E-state index in [0.717, 1.165) is 29.2 Å². The smallest absolute Gasteiger partial charge is 0.335 e. The molecule has 4 heteroatoms. The Morgan fingerprint density at radius 2 is 2.25 bits per heavy atom. The van der Waals surface area contributed by atoms with Crippen LogP contribution in [0.15, 0.2) is 22.7 Å². The van der Waals surface area contributed by atoms with Crippen LogP contribution in [0, 0.1) is 5.92 Å². The second-order valence-corrected chi connectivity index (χ2v) is 5.00. The summed E-state index contributed by atoms with van der Waals surface area (Å²) in [6.07, 6.45) is 1.19. The SMILES string of the molecule is CCC1CN(c2cc(C(=O)O)ccc2Br)C1. The Balaban J connectivity index is 2.20. The average molecular weight is 284 g/mol. The predicted molar refractivity (Wildman–Crippen MR) is 67.1 cm³/mol. The number of rotatable bonds is 3. The zero-order valence-corrected chi connectivity index (χ0v) is 10.7. The molecule has 16 heavy (non-hydrogen) atoms. The van der Waals surface area contributed by atoms with Crippen molar-refractivity contribution in [3.8, 4) is 0 Å². The molecule has 2 rings (SSSR count). The number of nitrogens with zero attached hydrogens (tertiary/aromatic N) is 1. The maximum absolute atomic E-state index is 10.9. The first kappa shape index (κ1) is 11.5. The average Bonchev–Trinajstić information content (AvgIpc) is 2.18. The molecule has 0 radical (unpaired) electrons. The van der Waals surface area contributed by atoms with Gasteiger partial charge in [-0.1, -0.05) is 6.92 Å². The van der Waals surface area contributed by atoms with Gasteiger partial charge in [0.05, 0.1) is 11.3 Å². The number of carboxylic acid groups (broad SMARTS) is 1. The van der Waals surface area contributed by atoms with Crippen molar-refractivity contribution >= 4 is 27.6 Å². The van der Waals surface area contributed by atoms with Crippen molar-refractivity contribution in [3.63, 3.8) is 0 Å². The molecule has 0 spiro atoms. The van der Waals surface area contributed by atoms with Crippen LogP contribution in [0.5, 0.6) is 0 Å². The summed E-state index contributed by atoms with van der Waals surface area (Å²) in [7, 11) is 0. The molecule has 1 aliphatic heterocycles. The molecule has 1 saturated heterocycles. The molecule has 0 amide bonds. The first-order chi connectivity index (χ1) is 7.61. The minimum Gasteiger partial charge on any atom is -0.478 e. The Labute approximate surface area is 103 Å². The Morgan fingerprint density at radius 1 is 1.56 bits per heavy atom. The van der Waals surface area contributed by atoms with Crippen LogP contribution in [0.4, 0.5) is 5.69 Å². The third-order valence-corrected chi connectivity index (χ3v) is 3.74. The quantitative estimate of drug-likeness (QED) is 0.927. The highest BCUT2D eigenvalue weighted by Crippen LogP contribution is 2.33. The topological polar surface area (TPSA) is 40.5 Å². The van der Waals surface area contributed by atoms with E-state index in [-0.39, 0.29) is 0 Å². The highest BCUT2D eigenvalue weighted by Gasteiger charge is 2.26. The number of aromatic carboxylic acids is 1.